The molecule has 3 unspecified atom stereocenters. The molecule has 26 heavy (non-hydrogen) atoms. The molecule has 0 aromatic heterocycles. The minimum Gasteiger partial charge on any atom is -0.493 e. The van der Waals surface area contributed by atoms with Gasteiger partial charge in [-0.1, -0.05) is 48.5 Å². The van der Waals surface area contributed by atoms with E-state index in [1.165, 1.54) is 5.56 Å². The summed E-state index contributed by atoms with van der Waals surface area (Å²) in [6, 6.07) is 18.4. The Morgan fingerprint density at radius 2 is 1.96 bits per heavy atom. The number of aliphatic hydroxyl groups excluding tert-OH is 1. The number of guanidine groups is 1. The summed E-state index contributed by atoms with van der Waals surface area (Å²) < 4.78 is 5.69. The van der Waals surface area contributed by atoms with Crippen molar-refractivity contribution in [2.24, 2.45) is 16.1 Å². The number of fused-ring (bicyclic) bond motifs is 1. The van der Waals surface area contributed by atoms with Crippen molar-refractivity contribution in [2.45, 2.75) is 24.8 Å². The number of benzene rings is 2. The van der Waals surface area contributed by atoms with Gasteiger partial charge in [-0.25, -0.2) is 0 Å². The van der Waals surface area contributed by atoms with E-state index in [0.29, 0.717) is 25.0 Å². The van der Waals surface area contributed by atoms with Crippen LogP contribution in [0.15, 0.2) is 59.6 Å². The molecule has 4 rings (SSSR count). The van der Waals surface area contributed by atoms with Gasteiger partial charge in [0.25, 0.3) is 0 Å². The van der Waals surface area contributed by atoms with Crippen LogP contribution in [0.2, 0.25) is 0 Å². The fourth-order valence-corrected chi connectivity index (χ4v) is 3.86. The molecule has 3 atom stereocenters. The Bertz CT molecular complexity index is 793. The maximum Gasteiger partial charge on any atom is 0.189 e. The van der Waals surface area contributed by atoms with Crippen LogP contribution in [0.5, 0.6) is 5.75 Å². The van der Waals surface area contributed by atoms with Gasteiger partial charge >= 0.3 is 0 Å². The average molecular weight is 351 g/mol. The van der Waals surface area contributed by atoms with E-state index in [1.807, 2.05) is 36.4 Å². The molecule has 1 fully saturated rings. The van der Waals surface area contributed by atoms with E-state index in [1.54, 1.807) is 0 Å². The molecule has 0 radical (unpaired) electrons. The van der Waals surface area contributed by atoms with Crippen molar-refractivity contribution in [1.29, 1.82) is 0 Å². The van der Waals surface area contributed by atoms with E-state index in [9.17, 15) is 5.11 Å². The van der Waals surface area contributed by atoms with Crippen LogP contribution in [0.4, 0.5) is 0 Å². The van der Waals surface area contributed by atoms with Crippen molar-refractivity contribution < 1.29 is 9.84 Å². The zero-order valence-corrected chi connectivity index (χ0v) is 14.8. The van der Waals surface area contributed by atoms with Gasteiger partial charge in [0.15, 0.2) is 5.96 Å². The fourth-order valence-electron chi connectivity index (χ4n) is 3.86. The SMILES string of the molecule is NC(=NCC1(CO)CC1c1ccccc1)NC1CCOc2ccccc21. The predicted molar refractivity (Wildman–Crippen MR) is 102 cm³/mol. The molecule has 0 spiro atoms. The Kier molecular flexibility index (Phi) is 4.55. The number of aliphatic hydroxyl groups is 1. The summed E-state index contributed by atoms with van der Waals surface area (Å²) in [6.45, 7) is 1.33. The number of para-hydroxylation sites is 1. The highest BCUT2D eigenvalue weighted by molar-refractivity contribution is 5.78. The lowest BCUT2D eigenvalue weighted by atomic mass is 10.00. The summed E-state index contributed by atoms with van der Waals surface area (Å²) in [7, 11) is 0. The minimum absolute atomic E-state index is 0.109. The molecule has 0 amide bonds. The Morgan fingerprint density at radius 1 is 1.19 bits per heavy atom. The zero-order valence-electron chi connectivity index (χ0n) is 14.8. The standard InChI is InChI=1S/C21H25N3O2/c22-20(24-18-10-11-26-19-9-5-4-8-16(18)19)23-13-21(14-25)12-17(21)15-6-2-1-3-7-15/h1-9,17-18,25H,10-14H2,(H3,22,23,24). The number of aliphatic imine (C=N–C) groups is 1. The maximum atomic E-state index is 9.91. The number of nitrogens with two attached hydrogens (primary N) is 1. The Labute approximate surface area is 153 Å². The average Bonchev–Trinajstić information content (AvgIpc) is 3.43. The van der Waals surface area contributed by atoms with Crippen molar-refractivity contribution in [3.05, 3.63) is 65.7 Å². The minimum atomic E-state index is -0.179. The molecular formula is C21H25N3O2. The van der Waals surface area contributed by atoms with E-state index >= 15 is 0 Å². The van der Waals surface area contributed by atoms with Crippen LogP contribution in [-0.4, -0.2) is 30.8 Å². The van der Waals surface area contributed by atoms with E-state index in [4.69, 9.17) is 10.5 Å². The first-order chi connectivity index (χ1) is 12.7. The number of hydrogen-bond donors (Lipinski definition) is 3. The zero-order chi connectivity index (χ0) is 18.0. The number of rotatable bonds is 5. The van der Waals surface area contributed by atoms with Gasteiger partial charge in [0.05, 0.1) is 25.8 Å². The van der Waals surface area contributed by atoms with Crippen molar-refractivity contribution >= 4 is 5.96 Å². The molecule has 1 saturated carbocycles. The van der Waals surface area contributed by atoms with Crippen LogP contribution in [0.3, 0.4) is 0 Å². The normalized spacial score (nSPS) is 27.3. The van der Waals surface area contributed by atoms with Gasteiger partial charge in [-0.15, -0.1) is 0 Å². The topological polar surface area (TPSA) is 79.9 Å². The fraction of sp³-hybridized carbons (Fsp3) is 0.381. The number of nitrogens with one attached hydrogen (secondary N) is 1. The lowest BCUT2D eigenvalue weighted by Crippen LogP contribution is -2.38. The summed E-state index contributed by atoms with van der Waals surface area (Å²) >= 11 is 0. The van der Waals surface area contributed by atoms with E-state index in [-0.39, 0.29) is 18.1 Å². The molecule has 136 valence electrons. The highest BCUT2D eigenvalue weighted by Gasteiger charge is 2.54. The third-order valence-corrected chi connectivity index (χ3v) is 5.55. The maximum absolute atomic E-state index is 9.91. The lowest BCUT2D eigenvalue weighted by molar-refractivity contribution is 0.212. The largest absolute Gasteiger partial charge is 0.493 e. The number of nitrogens with zero attached hydrogens (tertiary/aromatic N) is 1. The second-order valence-corrected chi connectivity index (χ2v) is 7.26. The molecule has 0 saturated heterocycles. The van der Waals surface area contributed by atoms with Crippen molar-refractivity contribution in [3.63, 3.8) is 0 Å². The molecule has 1 aliphatic heterocycles. The van der Waals surface area contributed by atoms with Gasteiger partial charge in [-0.05, 0) is 24.0 Å². The first-order valence-electron chi connectivity index (χ1n) is 9.16. The van der Waals surface area contributed by atoms with E-state index < -0.39 is 0 Å². The highest BCUT2D eigenvalue weighted by atomic mass is 16.5. The molecule has 1 heterocycles. The van der Waals surface area contributed by atoms with Crippen molar-refractivity contribution in [1.82, 2.24) is 5.32 Å². The summed E-state index contributed by atoms with van der Waals surface area (Å²) in [6.07, 6.45) is 1.80. The van der Waals surface area contributed by atoms with Gasteiger partial charge in [-0.3, -0.25) is 4.99 Å². The first kappa shape index (κ1) is 16.9. The Balaban J connectivity index is 1.42. The number of hydrogen-bond acceptors (Lipinski definition) is 3. The molecule has 1 aliphatic carbocycles. The molecule has 0 bridgehead atoms. The van der Waals surface area contributed by atoms with Gasteiger partial charge < -0.3 is 20.9 Å². The molecular weight excluding hydrogens is 326 g/mol. The predicted octanol–water partition coefficient (Wildman–Crippen LogP) is 2.58. The van der Waals surface area contributed by atoms with Crippen LogP contribution in [0.25, 0.3) is 0 Å². The van der Waals surface area contributed by atoms with Gasteiger partial charge in [0, 0.05) is 17.4 Å². The molecule has 2 aromatic carbocycles. The second kappa shape index (κ2) is 7.00. The van der Waals surface area contributed by atoms with Crippen LogP contribution in [0, 0.1) is 5.41 Å². The van der Waals surface area contributed by atoms with Crippen molar-refractivity contribution in [3.8, 4) is 5.75 Å². The summed E-state index contributed by atoms with van der Waals surface area (Å²) in [5.74, 6) is 1.69. The van der Waals surface area contributed by atoms with Crippen LogP contribution >= 0.6 is 0 Å². The van der Waals surface area contributed by atoms with Crippen LogP contribution < -0.4 is 15.8 Å². The number of ether oxygens (including phenoxy) is 1. The first-order valence-corrected chi connectivity index (χ1v) is 9.16. The smallest absolute Gasteiger partial charge is 0.189 e. The monoisotopic (exact) mass is 351 g/mol. The van der Waals surface area contributed by atoms with Gasteiger partial charge in [-0.2, -0.15) is 0 Å². The van der Waals surface area contributed by atoms with Crippen LogP contribution in [-0.2, 0) is 0 Å². The van der Waals surface area contributed by atoms with Gasteiger partial charge in [0.2, 0.25) is 0 Å². The summed E-state index contributed by atoms with van der Waals surface area (Å²) in [4.78, 5) is 4.55. The van der Waals surface area contributed by atoms with Crippen molar-refractivity contribution in [2.75, 3.05) is 19.8 Å². The lowest BCUT2D eigenvalue weighted by Gasteiger charge is -2.27. The quantitative estimate of drug-likeness (QED) is 0.571. The molecule has 4 N–H and O–H groups in total. The molecule has 2 aliphatic rings. The third-order valence-electron chi connectivity index (χ3n) is 5.55. The van der Waals surface area contributed by atoms with E-state index in [2.05, 4.69) is 28.5 Å². The molecule has 5 nitrogen and oxygen atoms in total. The second-order valence-electron chi connectivity index (χ2n) is 7.26. The van der Waals surface area contributed by atoms with Crippen LogP contribution in [0.1, 0.15) is 35.9 Å². The molecule has 2 aromatic rings. The Hall–Kier alpha value is -2.53. The molecule has 5 heteroatoms. The highest BCUT2D eigenvalue weighted by Crippen LogP contribution is 2.59. The third kappa shape index (κ3) is 3.27. The van der Waals surface area contributed by atoms with E-state index in [0.717, 1.165) is 24.2 Å². The summed E-state index contributed by atoms with van der Waals surface area (Å²) in [5.41, 5.74) is 8.35. The Morgan fingerprint density at radius 3 is 2.77 bits per heavy atom. The summed E-state index contributed by atoms with van der Waals surface area (Å²) in [5, 5.41) is 13.2. The van der Waals surface area contributed by atoms with Gasteiger partial charge in [0.1, 0.15) is 5.75 Å².